The number of thiophene rings is 1. The van der Waals surface area contributed by atoms with E-state index >= 15 is 0 Å². The van der Waals surface area contributed by atoms with Crippen LogP contribution in [0, 0.1) is 0 Å². The summed E-state index contributed by atoms with van der Waals surface area (Å²) in [7, 11) is 0. The Morgan fingerprint density at radius 3 is 2.83 bits per heavy atom. The Morgan fingerprint density at radius 2 is 2.33 bits per heavy atom. The van der Waals surface area contributed by atoms with Gasteiger partial charge in [0.25, 0.3) is 5.91 Å². The molecule has 0 radical (unpaired) electrons. The van der Waals surface area contributed by atoms with E-state index in [9.17, 15) is 9.59 Å². The highest BCUT2D eigenvalue weighted by Crippen LogP contribution is 2.04. The van der Waals surface area contributed by atoms with Crippen LogP contribution in [0.5, 0.6) is 0 Å². The fourth-order valence-electron chi connectivity index (χ4n) is 0.652. The monoisotopic (exact) mass is 185 g/mol. The second-order valence-corrected chi connectivity index (χ2v) is 2.87. The van der Waals surface area contributed by atoms with Gasteiger partial charge < -0.3 is 10.4 Å². The number of amides is 1. The number of hydrogen-bond acceptors (Lipinski definition) is 3. The number of aliphatic carboxylic acids is 1. The molecule has 2 N–H and O–H groups in total. The van der Waals surface area contributed by atoms with Crippen molar-refractivity contribution in [3.63, 3.8) is 0 Å². The number of hydrogen-bond donors (Lipinski definition) is 2. The van der Waals surface area contributed by atoms with E-state index in [2.05, 4.69) is 5.32 Å². The predicted octanol–water partition coefficient (Wildman–Crippen LogP) is 0.562. The van der Waals surface area contributed by atoms with E-state index in [0.717, 1.165) is 0 Å². The van der Waals surface area contributed by atoms with Crippen LogP contribution >= 0.6 is 11.3 Å². The van der Waals surface area contributed by atoms with Crippen LogP contribution in [0.3, 0.4) is 0 Å². The minimum atomic E-state index is -1.04. The molecule has 0 saturated carbocycles. The third-order valence-electron chi connectivity index (χ3n) is 1.18. The molecule has 0 bridgehead atoms. The molecule has 0 aliphatic carbocycles. The maximum absolute atomic E-state index is 11.0. The zero-order valence-electron chi connectivity index (χ0n) is 6.11. The summed E-state index contributed by atoms with van der Waals surface area (Å²) < 4.78 is 0. The van der Waals surface area contributed by atoms with Crippen LogP contribution in [-0.2, 0) is 4.79 Å². The first-order valence-electron chi connectivity index (χ1n) is 3.22. The first kappa shape index (κ1) is 8.73. The fraction of sp³-hybridized carbons (Fsp3) is 0.143. The first-order chi connectivity index (χ1) is 5.70. The predicted molar refractivity (Wildman–Crippen MR) is 44.3 cm³/mol. The molecule has 64 valence electrons. The molecule has 1 aromatic heterocycles. The van der Waals surface area contributed by atoms with Crippen LogP contribution < -0.4 is 5.32 Å². The van der Waals surface area contributed by atoms with Gasteiger partial charge in [-0.25, -0.2) is 0 Å². The minimum absolute atomic E-state index is 0.339. The maximum Gasteiger partial charge on any atom is 0.322 e. The zero-order chi connectivity index (χ0) is 8.97. The lowest BCUT2D eigenvalue weighted by Gasteiger charge is -1.97. The van der Waals surface area contributed by atoms with Crippen molar-refractivity contribution in [2.45, 2.75) is 0 Å². The van der Waals surface area contributed by atoms with Crippen molar-refractivity contribution in [2.24, 2.45) is 0 Å². The van der Waals surface area contributed by atoms with Gasteiger partial charge in [0.05, 0.1) is 0 Å². The molecule has 0 aromatic carbocycles. The van der Waals surface area contributed by atoms with Gasteiger partial charge in [-0.1, -0.05) is 0 Å². The molecule has 12 heavy (non-hydrogen) atoms. The normalized spacial score (nSPS) is 9.33. The molecule has 1 amide bonds. The van der Waals surface area contributed by atoms with Crippen molar-refractivity contribution in [2.75, 3.05) is 6.54 Å². The Balaban J connectivity index is 2.45. The summed E-state index contributed by atoms with van der Waals surface area (Å²) in [6.45, 7) is -0.339. The van der Waals surface area contributed by atoms with E-state index in [1.807, 2.05) is 0 Å². The van der Waals surface area contributed by atoms with E-state index in [4.69, 9.17) is 5.11 Å². The molecule has 5 heteroatoms. The smallest absolute Gasteiger partial charge is 0.322 e. The lowest BCUT2D eigenvalue weighted by molar-refractivity contribution is -0.135. The Hall–Kier alpha value is -1.36. The number of carboxylic acids is 1. The number of rotatable bonds is 3. The molecule has 0 aliphatic heterocycles. The molecular weight excluding hydrogens is 178 g/mol. The molecule has 1 aromatic rings. The molecule has 0 fully saturated rings. The number of carbonyl (C=O) groups excluding carboxylic acids is 1. The van der Waals surface area contributed by atoms with Crippen molar-refractivity contribution in [3.8, 4) is 0 Å². The average molecular weight is 185 g/mol. The third-order valence-corrected chi connectivity index (χ3v) is 1.87. The lowest BCUT2D eigenvalue weighted by Crippen LogP contribution is -2.28. The van der Waals surface area contributed by atoms with Gasteiger partial charge in [0, 0.05) is 10.9 Å². The summed E-state index contributed by atoms with van der Waals surface area (Å²) in [5, 5.41) is 13.9. The Labute approximate surface area is 72.8 Å². The zero-order valence-corrected chi connectivity index (χ0v) is 6.93. The van der Waals surface area contributed by atoms with Gasteiger partial charge in [0.2, 0.25) is 0 Å². The van der Waals surface area contributed by atoms with Crippen molar-refractivity contribution in [1.29, 1.82) is 0 Å². The van der Waals surface area contributed by atoms with Gasteiger partial charge in [-0.3, -0.25) is 9.59 Å². The van der Waals surface area contributed by atoms with E-state index in [-0.39, 0.29) is 12.5 Å². The summed E-state index contributed by atoms with van der Waals surface area (Å²) in [4.78, 5) is 21.1. The summed E-state index contributed by atoms with van der Waals surface area (Å²) in [6, 6.07) is 1.64. The SMILES string of the molecule is O=C(O)CNC(=O)c1ccsc1. The van der Waals surface area contributed by atoms with Crippen molar-refractivity contribution < 1.29 is 14.7 Å². The molecule has 0 atom stereocenters. The van der Waals surface area contributed by atoms with Crippen LogP contribution in [0.15, 0.2) is 16.8 Å². The van der Waals surface area contributed by atoms with Crippen LogP contribution in [0.25, 0.3) is 0 Å². The van der Waals surface area contributed by atoms with Gasteiger partial charge in [-0.05, 0) is 11.4 Å². The summed E-state index contributed by atoms with van der Waals surface area (Å²) in [5.74, 6) is -1.39. The molecule has 1 heterocycles. The van der Waals surface area contributed by atoms with Crippen molar-refractivity contribution in [1.82, 2.24) is 5.32 Å². The van der Waals surface area contributed by atoms with Gasteiger partial charge in [-0.15, -0.1) is 0 Å². The summed E-state index contributed by atoms with van der Waals surface area (Å²) in [5.41, 5.74) is 0.501. The molecule has 1 rings (SSSR count). The molecule has 0 spiro atoms. The Morgan fingerprint density at radius 1 is 1.58 bits per heavy atom. The van der Waals surface area contributed by atoms with Crippen LogP contribution in [0.4, 0.5) is 0 Å². The second kappa shape index (κ2) is 3.87. The van der Waals surface area contributed by atoms with Crippen molar-refractivity contribution >= 4 is 23.2 Å². The molecule has 0 unspecified atom stereocenters. The summed E-state index contributed by atoms with van der Waals surface area (Å²) in [6.07, 6.45) is 0. The topological polar surface area (TPSA) is 66.4 Å². The lowest BCUT2D eigenvalue weighted by atomic mass is 10.3. The fourth-order valence-corrected chi connectivity index (χ4v) is 1.29. The Kier molecular flexibility index (Phi) is 2.82. The van der Waals surface area contributed by atoms with E-state index < -0.39 is 5.97 Å². The van der Waals surface area contributed by atoms with Gasteiger partial charge in [0.15, 0.2) is 0 Å². The second-order valence-electron chi connectivity index (χ2n) is 2.09. The van der Waals surface area contributed by atoms with E-state index in [1.54, 1.807) is 16.8 Å². The van der Waals surface area contributed by atoms with Crippen LogP contribution in [0.2, 0.25) is 0 Å². The molecule has 4 nitrogen and oxygen atoms in total. The number of nitrogens with one attached hydrogen (secondary N) is 1. The largest absolute Gasteiger partial charge is 0.480 e. The standard InChI is InChI=1S/C7H7NO3S/c9-6(10)3-8-7(11)5-1-2-12-4-5/h1-2,4H,3H2,(H,8,11)(H,9,10). The Bertz CT molecular complexity index is 281. The van der Waals surface area contributed by atoms with E-state index in [1.165, 1.54) is 11.3 Å². The molecule has 0 saturated heterocycles. The van der Waals surface area contributed by atoms with Gasteiger partial charge >= 0.3 is 5.97 Å². The quantitative estimate of drug-likeness (QED) is 0.723. The van der Waals surface area contributed by atoms with Gasteiger partial charge in [0.1, 0.15) is 6.54 Å². The van der Waals surface area contributed by atoms with Crippen LogP contribution in [-0.4, -0.2) is 23.5 Å². The first-order valence-corrected chi connectivity index (χ1v) is 4.16. The third kappa shape index (κ3) is 2.35. The average Bonchev–Trinajstić information content (AvgIpc) is 2.51. The van der Waals surface area contributed by atoms with E-state index in [0.29, 0.717) is 5.56 Å². The molecule has 0 aliphatic rings. The minimum Gasteiger partial charge on any atom is -0.480 e. The maximum atomic E-state index is 11.0. The highest BCUT2D eigenvalue weighted by Gasteiger charge is 2.05. The van der Waals surface area contributed by atoms with Gasteiger partial charge in [-0.2, -0.15) is 11.3 Å². The van der Waals surface area contributed by atoms with Crippen molar-refractivity contribution in [3.05, 3.63) is 22.4 Å². The number of carbonyl (C=O) groups is 2. The van der Waals surface area contributed by atoms with Crippen LogP contribution in [0.1, 0.15) is 10.4 Å². The highest BCUT2D eigenvalue weighted by molar-refractivity contribution is 7.08. The summed E-state index contributed by atoms with van der Waals surface area (Å²) >= 11 is 1.39. The number of carboxylic acid groups (broad SMARTS) is 1. The molecular formula is C7H7NO3S. The highest BCUT2D eigenvalue weighted by atomic mass is 32.1.